The van der Waals surface area contributed by atoms with E-state index in [1.165, 1.54) is 0 Å². The maximum absolute atomic E-state index is 11.1. The molecule has 0 aromatic rings. The monoisotopic (exact) mass is 141 g/mol. The number of amides is 1. The van der Waals surface area contributed by atoms with Crippen LogP contribution in [0.4, 0.5) is 0 Å². The molecule has 0 bridgehead atoms. The zero-order valence-corrected chi connectivity index (χ0v) is 6.85. The molecule has 0 radical (unpaired) electrons. The van der Waals surface area contributed by atoms with E-state index in [1.807, 2.05) is 13.8 Å². The van der Waals surface area contributed by atoms with Crippen LogP contribution in [0.3, 0.4) is 0 Å². The number of hydrogen-bond donors (Lipinski definition) is 1. The summed E-state index contributed by atoms with van der Waals surface area (Å²) in [5.74, 6) is 1.18. The van der Waals surface area contributed by atoms with E-state index in [9.17, 15) is 4.79 Å². The summed E-state index contributed by atoms with van der Waals surface area (Å²) >= 11 is 0. The highest BCUT2D eigenvalue weighted by Crippen LogP contribution is 2.37. The predicted molar refractivity (Wildman–Crippen MR) is 40.5 cm³/mol. The van der Waals surface area contributed by atoms with Gasteiger partial charge in [-0.25, -0.2) is 0 Å². The molecule has 1 fully saturated rings. The third-order valence-electron chi connectivity index (χ3n) is 1.88. The van der Waals surface area contributed by atoms with Crippen molar-refractivity contribution in [2.24, 2.45) is 11.8 Å². The van der Waals surface area contributed by atoms with Crippen molar-refractivity contribution in [3.05, 3.63) is 0 Å². The van der Waals surface area contributed by atoms with Crippen molar-refractivity contribution < 1.29 is 4.79 Å². The minimum Gasteiger partial charge on any atom is -0.354 e. The molecule has 1 aliphatic rings. The molecule has 0 saturated heterocycles. The van der Waals surface area contributed by atoms with Gasteiger partial charge in [-0.2, -0.15) is 0 Å². The molecule has 0 aromatic carbocycles. The lowest BCUT2D eigenvalue weighted by Crippen LogP contribution is -2.31. The Morgan fingerprint density at radius 1 is 1.60 bits per heavy atom. The van der Waals surface area contributed by atoms with Gasteiger partial charge in [0.15, 0.2) is 0 Å². The first-order valence-corrected chi connectivity index (χ1v) is 3.91. The number of rotatable bonds is 2. The zero-order valence-electron chi connectivity index (χ0n) is 6.85. The van der Waals surface area contributed by atoms with Crippen LogP contribution < -0.4 is 5.32 Å². The Bertz CT molecular complexity index is 142. The summed E-state index contributed by atoms with van der Waals surface area (Å²) in [6.07, 6.45) is 1.08. The van der Waals surface area contributed by atoms with Gasteiger partial charge in [0.05, 0.1) is 0 Å². The Morgan fingerprint density at radius 2 is 2.10 bits per heavy atom. The summed E-state index contributed by atoms with van der Waals surface area (Å²) in [7, 11) is 0. The average Bonchev–Trinajstić information content (AvgIpc) is 2.44. The number of nitrogens with one attached hydrogen (secondary N) is 1. The smallest absolute Gasteiger partial charge is 0.223 e. The second-order valence-corrected chi connectivity index (χ2v) is 3.48. The highest BCUT2D eigenvalue weighted by atomic mass is 16.2. The van der Waals surface area contributed by atoms with Crippen molar-refractivity contribution in [3.8, 4) is 0 Å². The summed E-state index contributed by atoms with van der Waals surface area (Å²) in [5.41, 5.74) is 0. The van der Waals surface area contributed by atoms with Gasteiger partial charge in [0.2, 0.25) is 5.91 Å². The zero-order chi connectivity index (χ0) is 7.72. The van der Waals surface area contributed by atoms with Crippen molar-refractivity contribution in [1.82, 2.24) is 5.32 Å². The summed E-state index contributed by atoms with van der Waals surface area (Å²) in [6, 6.07) is 0.292. The Balaban J connectivity index is 2.23. The molecule has 2 heteroatoms. The Labute approximate surface area is 62.0 Å². The fourth-order valence-corrected chi connectivity index (χ4v) is 1.08. The van der Waals surface area contributed by atoms with Crippen LogP contribution in [0.25, 0.3) is 0 Å². The van der Waals surface area contributed by atoms with Crippen LogP contribution in [0.1, 0.15) is 27.2 Å². The summed E-state index contributed by atoms with van der Waals surface area (Å²) < 4.78 is 0. The third-order valence-corrected chi connectivity index (χ3v) is 1.88. The van der Waals surface area contributed by atoms with E-state index in [0.29, 0.717) is 17.9 Å². The van der Waals surface area contributed by atoms with Crippen LogP contribution >= 0.6 is 0 Å². The van der Waals surface area contributed by atoms with Gasteiger partial charge in [0.1, 0.15) is 0 Å². The normalized spacial score (nSPS) is 30.4. The van der Waals surface area contributed by atoms with Gasteiger partial charge in [-0.15, -0.1) is 0 Å². The minimum absolute atomic E-state index is 0.238. The first-order chi connectivity index (χ1) is 4.61. The second-order valence-electron chi connectivity index (χ2n) is 3.48. The average molecular weight is 141 g/mol. The van der Waals surface area contributed by atoms with Gasteiger partial charge in [0, 0.05) is 12.0 Å². The van der Waals surface area contributed by atoms with Gasteiger partial charge < -0.3 is 5.32 Å². The van der Waals surface area contributed by atoms with Crippen LogP contribution in [0, 0.1) is 11.8 Å². The van der Waals surface area contributed by atoms with E-state index >= 15 is 0 Å². The number of hydrogen-bond acceptors (Lipinski definition) is 1. The standard InChI is InChI=1S/C8H15NO/c1-5(2)9-8(10)7-4-6(7)3/h5-7H,4H2,1-3H3,(H,9,10)/t6-,7?/m1/s1. The van der Waals surface area contributed by atoms with Crippen molar-refractivity contribution in [2.45, 2.75) is 33.2 Å². The Kier molecular flexibility index (Phi) is 1.97. The van der Waals surface area contributed by atoms with Crippen molar-refractivity contribution in [1.29, 1.82) is 0 Å². The van der Waals surface area contributed by atoms with Crippen LogP contribution in [-0.4, -0.2) is 11.9 Å². The molecule has 0 spiro atoms. The fraction of sp³-hybridized carbons (Fsp3) is 0.875. The lowest BCUT2D eigenvalue weighted by atomic mass is 10.3. The minimum atomic E-state index is 0.238. The van der Waals surface area contributed by atoms with E-state index < -0.39 is 0 Å². The van der Waals surface area contributed by atoms with E-state index in [0.717, 1.165) is 6.42 Å². The Hall–Kier alpha value is -0.530. The first kappa shape index (κ1) is 7.58. The molecular weight excluding hydrogens is 126 g/mol. The molecule has 1 rings (SSSR count). The van der Waals surface area contributed by atoms with Gasteiger partial charge in [-0.05, 0) is 26.2 Å². The van der Waals surface area contributed by atoms with E-state index in [4.69, 9.17) is 0 Å². The van der Waals surface area contributed by atoms with Crippen LogP contribution in [0.15, 0.2) is 0 Å². The number of carbonyl (C=O) groups excluding carboxylic acids is 1. The predicted octanol–water partition coefficient (Wildman–Crippen LogP) is 1.17. The molecule has 10 heavy (non-hydrogen) atoms. The topological polar surface area (TPSA) is 29.1 Å². The third kappa shape index (κ3) is 1.72. The second kappa shape index (κ2) is 2.60. The summed E-state index contributed by atoms with van der Waals surface area (Å²) in [4.78, 5) is 11.1. The van der Waals surface area contributed by atoms with Gasteiger partial charge in [-0.1, -0.05) is 6.92 Å². The largest absolute Gasteiger partial charge is 0.354 e. The molecule has 2 nitrogen and oxygen atoms in total. The molecule has 0 heterocycles. The molecule has 1 saturated carbocycles. The van der Waals surface area contributed by atoms with E-state index in [1.54, 1.807) is 0 Å². The van der Waals surface area contributed by atoms with Gasteiger partial charge in [-0.3, -0.25) is 4.79 Å². The van der Waals surface area contributed by atoms with Gasteiger partial charge in [0.25, 0.3) is 0 Å². The Morgan fingerprint density at radius 3 is 2.40 bits per heavy atom. The van der Waals surface area contributed by atoms with Crippen LogP contribution in [0.2, 0.25) is 0 Å². The van der Waals surface area contributed by atoms with Crippen molar-refractivity contribution in [2.75, 3.05) is 0 Å². The lowest BCUT2D eigenvalue weighted by molar-refractivity contribution is -0.123. The van der Waals surface area contributed by atoms with E-state index in [-0.39, 0.29) is 5.91 Å². The summed E-state index contributed by atoms with van der Waals surface area (Å²) in [5, 5.41) is 2.90. The first-order valence-electron chi connectivity index (χ1n) is 3.91. The molecule has 0 aromatic heterocycles. The molecule has 0 aliphatic heterocycles. The van der Waals surface area contributed by atoms with E-state index in [2.05, 4.69) is 12.2 Å². The highest BCUT2D eigenvalue weighted by Gasteiger charge is 2.38. The molecule has 1 unspecified atom stereocenters. The lowest BCUT2D eigenvalue weighted by Gasteiger charge is -2.06. The fourth-order valence-electron chi connectivity index (χ4n) is 1.08. The highest BCUT2D eigenvalue weighted by molar-refractivity contribution is 5.81. The number of carbonyl (C=O) groups is 1. The van der Waals surface area contributed by atoms with Crippen molar-refractivity contribution >= 4 is 5.91 Å². The maximum atomic E-state index is 11.1. The van der Waals surface area contributed by atoms with Crippen LogP contribution in [0.5, 0.6) is 0 Å². The molecule has 2 atom stereocenters. The van der Waals surface area contributed by atoms with Crippen molar-refractivity contribution in [3.63, 3.8) is 0 Å². The van der Waals surface area contributed by atoms with Crippen LogP contribution in [-0.2, 0) is 4.79 Å². The van der Waals surface area contributed by atoms with Gasteiger partial charge >= 0.3 is 0 Å². The molecular formula is C8H15NO. The quantitative estimate of drug-likeness (QED) is 0.614. The SMILES string of the molecule is CC(C)NC(=O)C1C[C@H]1C. The maximum Gasteiger partial charge on any atom is 0.223 e. The summed E-state index contributed by atoms with van der Waals surface area (Å²) in [6.45, 7) is 6.10. The molecule has 1 N–H and O–H groups in total. The molecule has 58 valence electrons. The molecule has 1 amide bonds. The molecule has 1 aliphatic carbocycles.